The second-order valence-corrected chi connectivity index (χ2v) is 6.76. The Balaban J connectivity index is 2.12. The van der Waals surface area contributed by atoms with E-state index in [2.05, 4.69) is 26.2 Å². The number of hydrogen-bond acceptors (Lipinski definition) is 5. The van der Waals surface area contributed by atoms with Crippen LogP contribution in [0.3, 0.4) is 0 Å². The Labute approximate surface area is 164 Å². The lowest BCUT2D eigenvalue weighted by Crippen LogP contribution is -2.22. The minimum absolute atomic E-state index is 0.00808. The van der Waals surface area contributed by atoms with Crippen LogP contribution in [0.5, 0.6) is 5.88 Å². The quantitative estimate of drug-likeness (QED) is 0.602. The van der Waals surface area contributed by atoms with Crippen molar-refractivity contribution in [3.05, 3.63) is 86.1 Å². The van der Waals surface area contributed by atoms with Gasteiger partial charge in [0.1, 0.15) is 11.6 Å². The average Bonchev–Trinajstić information content (AvgIpc) is 2.66. The topological polar surface area (TPSA) is 90.7 Å². The molecule has 0 radical (unpaired) electrons. The van der Waals surface area contributed by atoms with E-state index >= 15 is 0 Å². The number of rotatable bonds is 4. The van der Waals surface area contributed by atoms with Gasteiger partial charge in [-0.25, -0.2) is 0 Å². The van der Waals surface area contributed by atoms with Crippen LogP contribution >= 0.6 is 15.9 Å². The van der Waals surface area contributed by atoms with E-state index in [9.17, 15) is 15.2 Å². The average molecular weight is 423 g/mol. The molecular formula is C20H15BrN4O2. The van der Waals surface area contributed by atoms with Crippen molar-refractivity contribution in [1.29, 1.82) is 5.26 Å². The van der Waals surface area contributed by atoms with Gasteiger partial charge in [-0.15, -0.1) is 5.11 Å². The molecule has 0 spiro atoms. The third-order valence-electron chi connectivity index (χ3n) is 4.03. The lowest BCUT2D eigenvalue weighted by molar-refractivity contribution is 0.412. The highest BCUT2D eigenvalue weighted by Crippen LogP contribution is 2.28. The Morgan fingerprint density at radius 2 is 1.89 bits per heavy atom. The zero-order valence-corrected chi connectivity index (χ0v) is 16.0. The van der Waals surface area contributed by atoms with E-state index in [4.69, 9.17) is 0 Å². The number of nitriles is 1. The van der Waals surface area contributed by atoms with E-state index in [-0.39, 0.29) is 23.7 Å². The molecule has 2 aromatic carbocycles. The van der Waals surface area contributed by atoms with Crippen LogP contribution in [0.1, 0.15) is 16.7 Å². The van der Waals surface area contributed by atoms with Crippen LogP contribution < -0.4 is 5.56 Å². The number of aromatic hydroxyl groups is 1. The Morgan fingerprint density at radius 3 is 2.56 bits per heavy atom. The van der Waals surface area contributed by atoms with Crippen molar-refractivity contribution in [2.75, 3.05) is 0 Å². The molecule has 1 heterocycles. The van der Waals surface area contributed by atoms with Gasteiger partial charge in [0.05, 0.1) is 12.2 Å². The third-order valence-corrected chi connectivity index (χ3v) is 4.52. The van der Waals surface area contributed by atoms with Crippen molar-refractivity contribution in [3.63, 3.8) is 0 Å². The summed E-state index contributed by atoms with van der Waals surface area (Å²) < 4.78 is 1.97. The summed E-state index contributed by atoms with van der Waals surface area (Å²) in [5.41, 5.74) is 1.20. The molecule has 0 bridgehead atoms. The van der Waals surface area contributed by atoms with Gasteiger partial charge in [0, 0.05) is 10.0 Å². The fourth-order valence-corrected chi connectivity index (χ4v) is 3.00. The first-order chi connectivity index (χ1) is 13.0. The fourth-order valence-electron chi connectivity index (χ4n) is 2.62. The van der Waals surface area contributed by atoms with Crippen LogP contribution in [0.4, 0.5) is 11.4 Å². The van der Waals surface area contributed by atoms with Crippen LogP contribution in [0.15, 0.2) is 74.1 Å². The number of benzene rings is 2. The van der Waals surface area contributed by atoms with Gasteiger partial charge in [-0.2, -0.15) is 10.4 Å². The summed E-state index contributed by atoms with van der Waals surface area (Å²) in [5.74, 6) is -0.370. The molecule has 134 valence electrons. The van der Waals surface area contributed by atoms with Crippen molar-refractivity contribution in [1.82, 2.24) is 4.57 Å². The summed E-state index contributed by atoms with van der Waals surface area (Å²) in [6, 6.07) is 18.3. The molecule has 0 amide bonds. The maximum atomic E-state index is 12.9. The van der Waals surface area contributed by atoms with E-state index in [0.717, 1.165) is 14.6 Å². The number of pyridine rings is 1. The summed E-state index contributed by atoms with van der Waals surface area (Å²) >= 11 is 3.35. The number of hydrogen-bond donors (Lipinski definition) is 1. The molecular weight excluding hydrogens is 408 g/mol. The van der Waals surface area contributed by atoms with E-state index < -0.39 is 5.56 Å². The fraction of sp³-hybridized carbons (Fsp3) is 0.100. The van der Waals surface area contributed by atoms with Gasteiger partial charge in [-0.1, -0.05) is 52.3 Å². The largest absolute Gasteiger partial charge is 0.493 e. The second kappa shape index (κ2) is 7.98. The standard InChI is InChI=1S/C20H15BrN4O2/c1-13-17(11-22)19(26)25(12-14-6-3-2-4-7-14)20(27)18(13)24-23-16-9-5-8-15(21)10-16/h2-10,26H,12H2,1H3. The highest BCUT2D eigenvalue weighted by atomic mass is 79.9. The first-order valence-corrected chi connectivity index (χ1v) is 8.88. The minimum Gasteiger partial charge on any atom is -0.493 e. The Hall–Kier alpha value is -3.24. The molecule has 0 atom stereocenters. The van der Waals surface area contributed by atoms with Gasteiger partial charge in [0.2, 0.25) is 5.88 Å². The van der Waals surface area contributed by atoms with Gasteiger partial charge < -0.3 is 5.11 Å². The summed E-state index contributed by atoms with van der Waals surface area (Å²) in [7, 11) is 0. The van der Waals surface area contributed by atoms with Gasteiger partial charge in [0.15, 0.2) is 5.69 Å². The molecule has 0 unspecified atom stereocenters. The maximum Gasteiger partial charge on any atom is 0.281 e. The number of aromatic nitrogens is 1. The molecule has 7 heteroatoms. The molecule has 0 fully saturated rings. The molecule has 27 heavy (non-hydrogen) atoms. The first-order valence-electron chi connectivity index (χ1n) is 8.09. The monoisotopic (exact) mass is 422 g/mol. The maximum absolute atomic E-state index is 12.9. The molecule has 3 aromatic rings. The smallest absolute Gasteiger partial charge is 0.281 e. The van der Waals surface area contributed by atoms with E-state index in [1.54, 1.807) is 25.1 Å². The number of azo groups is 1. The predicted octanol–water partition coefficient (Wildman–Crippen LogP) is 4.96. The molecule has 0 aliphatic rings. The Bertz CT molecular complexity index is 1120. The lowest BCUT2D eigenvalue weighted by Gasteiger charge is -2.13. The highest BCUT2D eigenvalue weighted by Gasteiger charge is 2.19. The normalized spacial score (nSPS) is 10.9. The van der Waals surface area contributed by atoms with Crippen molar-refractivity contribution >= 4 is 27.3 Å². The zero-order valence-electron chi connectivity index (χ0n) is 14.4. The van der Waals surface area contributed by atoms with Crippen molar-refractivity contribution in [3.8, 4) is 11.9 Å². The lowest BCUT2D eigenvalue weighted by atomic mass is 10.1. The SMILES string of the molecule is Cc1c(C#N)c(O)n(Cc2ccccc2)c(=O)c1N=Nc1cccc(Br)c1. The molecule has 0 aliphatic heterocycles. The van der Waals surface area contributed by atoms with Crippen LogP contribution in [0.2, 0.25) is 0 Å². The van der Waals surface area contributed by atoms with Gasteiger partial charge >= 0.3 is 0 Å². The Kier molecular flexibility index (Phi) is 5.48. The molecule has 3 rings (SSSR count). The van der Waals surface area contributed by atoms with Crippen LogP contribution in [0.25, 0.3) is 0 Å². The highest BCUT2D eigenvalue weighted by molar-refractivity contribution is 9.10. The molecule has 0 saturated carbocycles. The van der Waals surface area contributed by atoms with E-state index in [1.165, 1.54) is 0 Å². The number of nitrogens with zero attached hydrogens (tertiary/aromatic N) is 4. The first kappa shape index (κ1) is 18.5. The minimum atomic E-state index is -0.508. The van der Waals surface area contributed by atoms with Crippen LogP contribution in [-0.4, -0.2) is 9.67 Å². The predicted molar refractivity (Wildman–Crippen MR) is 106 cm³/mol. The van der Waals surface area contributed by atoms with E-state index in [0.29, 0.717) is 11.3 Å². The summed E-state index contributed by atoms with van der Waals surface area (Å²) in [6.07, 6.45) is 0. The van der Waals surface area contributed by atoms with Crippen LogP contribution in [-0.2, 0) is 6.54 Å². The van der Waals surface area contributed by atoms with Gasteiger partial charge in [-0.05, 0) is 30.7 Å². The summed E-state index contributed by atoms with van der Waals surface area (Å²) in [5, 5.41) is 28.0. The Morgan fingerprint density at radius 1 is 1.15 bits per heavy atom. The van der Waals surface area contributed by atoms with Gasteiger partial charge in [0.25, 0.3) is 5.56 Å². The van der Waals surface area contributed by atoms with Crippen LogP contribution in [0, 0.1) is 18.3 Å². The summed E-state index contributed by atoms with van der Waals surface area (Å²) in [4.78, 5) is 12.9. The molecule has 6 nitrogen and oxygen atoms in total. The van der Waals surface area contributed by atoms with Crippen molar-refractivity contribution in [2.24, 2.45) is 10.2 Å². The van der Waals surface area contributed by atoms with Crippen molar-refractivity contribution < 1.29 is 5.11 Å². The summed E-state index contributed by atoms with van der Waals surface area (Å²) in [6.45, 7) is 1.70. The molecule has 1 N–H and O–H groups in total. The zero-order chi connectivity index (χ0) is 19.4. The molecule has 0 saturated heterocycles. The van der Waals surface area contributed by atoms with E-state index in [1.807, 2.05) is 42.5 Å². The number of halogens is 1. The van der Waals surface area contributed by atoms with Gasteiger partial charge in [-0.3, -0.25) is 9.36 Å². The molecule has 0 aliphatic carbocycles. The second-order valence-electron chi connectivity index (χ2n) is 5.84. The third kappa shape index (κ3) is 3.96. The van der Waals surface area contributed by atoms with Crippen molar-refractivity contribution in [2.45, 2.75) is 13.5 Å². The molecule has 1 aromatic heterocycles.